The largest absolute Gasteiger partial charge is 0.399 e. The van der Waals surface area contributed by atoms with E-state index in [2.05, 4.69) is 4.98 Å². The molecule has 0 bridgehead atoms. The maximum atomic E-state index is 12.5. The van der Waals surface area contributed by atoms with Crippen molar-refractivity contribution >= 4 is 16.7 Å². The molecule has 1 aromatic heterocycles. The number of benzene rings is 1. The van der Waals surface area contributed by atoms with Gasteiger partial charge >= 0.3 is 0 Å². The Bertz CT molecular complexity index is 537. The SMILES string of the molecule is CC(O)c1nc2cc(N)ccc2n1CC(F)F. The maximum Gasteiger partial charge on any atom is 0.256 e. The molecule has 2 rings (SSSR count). The summed E-state index contributed by atoms with van der Waals surface area (Å²) in [6.45, 7) is 1.01. The Morgan fingerprint density at radius 3 is 2.76 bits per heavy atom. The van der Waals surface area contributed by atoms with Crippen molar-refractivity contribution < 1.29 is 13.9 Å². The third-order valence-electron chi connectivity index (χ3n) is 2.50. The van der Waals surface area contributed by atoms with Crippen LogP contribution in [0.3, 0.4) is 0 Å². The van der Waals surface area contributed by atoms with Crippen molar-refractivity contribution in [3.63, 3.8) is 0 Å². The molecule has 2 aromatic rings. The molecule has 0 saturated carbocycles. The first-order chi connectivity index (χ1) is 7.99. The minimum Gasteiger partial charge on any atom is -0.399 e. The molecule has 3 N–H and O–H groups in total. The Hall–Kier alpha value is -1.69. The van der Waals surface area contributed by atoms with E-state index in [9.17, 15) is 13.9 Å². The summed E-state index contributed by atoms with van der Waals surface area (Å²) in [4.78, 5) is 4.13. The maximum absolute atomic E-state index is 12.5. The second kappa shape index (κ2) is 4.29. The van der Waals surface area contributed by atoms with Crippen molar-refractivity contribution in [3.8, 4) is 0 Å². The number of imidazole rings is 1. The molecule has 0 spiro atoms. The number of aliphatic hydroxyl groups is 1. The monoisotopic (exact) mass is 241 g/mol. The molecule has 1 atom stereocenters. The number of fused-ring (bicyclic) bond motifs is 1. The molecule has 0 aliphatic rings. The molecule has 92 valence electrons. The highest BCUT2D eigenvalue weighted by Gasteiger charge is 2.17. The van der Waals surface area contributed by atoms with Crippen LogP contribution in [0.15, 0.2) is 18.2 Å². The van der Waals surface area contributed by atoms with Gasteiger partial charge < -0.3 is 15.4 Å². The highest BCUT2D eigenvalue weighted by Crippen LogP contribution is 2.23. The Kier molecular flexibility index (Phi) is 2.97. The molecular weight excluding hydrogens is 228 g/mol. The van der Waals surface area contributed by atoms with E-state index in [1.54, 1.807) is 18.2 Å². The first-order valence-corrected chi connectivity index (χ1v) is 5.21. The average molecular weight is 241 g/mol. The lowest BCUT2D eigenvalue weighted by atomic mass is 10.3. The molecule has 6 heteroatoms. The predicted octanol–water partition coefficient (Wildman–Crippen LogP) is 1.94. The van der Waals surface area contributed by atoms with Crippen molar-refractivity contribution in [3.05, 3.63) is 24.0 Å². The van der Waals surface area contributed by atoms with Crippen LogP contribution in [0, 0.1) is 0 Å². The fourth-order valence-corrected chi connectivity index (χ4v) is 1.81. The van der Waals surface area contributed by atoms with Gasteiger partial charge in [-0.25, -0.2) is 13.8 Å². The van der Waals surface area contributed by atoms with Gasteiger partial charge in [0.05, 0.1) is 17.6 Å². The number of nitrogen functional groups attached to an aromatic ring is 1. The smallest absolute Gasteiger partial charge is 0.256 e. The van der Waals surface area contributed by atoms with Crippen LogP contribution < -0.4 is 5.73 Å². The molecule has 0 fully saturated rings. The molecule has 1 heterocycles. The second-order valence-electron chi connectivity index (χ2n) is 3.90. The zero-order chi connectivity index (χ0) is 12.6. The van der Waals surface area contributed by atoms with E-state index in [1.807, 2.05) is 0 Å². The van der Waals surface area contributed by atoms with Gasteiger partial charge in [-0.05, 0) is 25.1 Å². The van der Waals surface area contributed by atoms with E-state index >= 15 is 0 Å². The topological polar surface area (TPSA) is 64.1 Å². The summed E-state index contributed by atoms with van der Waals surface area (Å²) in [6, 6.07) is 4.85. The van der Waals surface area contributed by atoms with Gasteiger partial charge in [0, 0.05) is 5.69 Å². The normalized spacial score (nSPS) is 13.5. The van der Waals surface area contributed by atoms with E-state index in [0.29, 0.717) is 16.7 Å². The van der Waals surface area contributed by atoms with E-state index in [0.717, 1.165) is 0 Å². The molecule has 0 radical (unpaired) electrons. The number of rotatable bonds is 3. The molecule has 0 aliphatic heterocycles. The van der Waals surface area contributed by atoms with Crippen LogP contribution >= 0.6 is 0 Å². The molecule has 1 aromatic carbocycles. The van der Waals surface area contributed by atoms with Crippen LogP contribution in [0.4, 0.5) is 14.5 Å². The quantitative estimate of drug-likeness (QED) is 0.807. The molecule has 0 amide bonds. The lowest BCUT2D eigenvalue weighted by molar-refractivity contribution is 0.119. The van der Waals surface area contributed by atoms with Gasteiger partial charge in [-0.1, -0.05) is 0 Å². The van der Waals surface area contributed by atoms with E-state index < -0.39 is 19.1 Å². The average Bonchev–Trinajstić information content (AvgIpc) is 2.55. The highest BCUT2D eigenvalue weighted by atomic mass is 19.3. The Labute approximate surface area is 96.7 Å². The highest BCUT2D eigenvalue weighted by molar-refractivity contribution is 5.79. The van der Waals surface area contributed by atoms with Crippen LogP contribution in [0.5, 0.6) is 0 Å². The molecule has 17 heavy (non-hydrogen) atoms. The second-order valence-corrected chi connectivity index (χ2v) is 3.90. The summed E-state index contributed by atoms with van der Waals surface area (Å²) in [5.74, 6) is 0.228. The Morgan fingerprint density at radius 1 is 1.47 bits per heavy atom. The number of hydrogen-bond donors (Lipinski definition) is 2. The lowest BCUT2D eigenvalue weighted by Crippen LogP contribution is -2.12. The number of aromatic nitrogens is 2. The number of nitrogens with two attached hydrogens (primary N) is 1. The number of aliphatic hydroxyl groups excluding tert-OH is 1. The van der Waals surface area contributed by atoms with Crippen molar-refractivity contribution in [1.82, 2.24) is 9.55 Å². The van der Waals surface area contributed by atoms with Gasteiger partial charge in [-0.2, -0.15) is 0 Å². The van der Waals surface area contributed by atoms with E-state index in [4.69, 9.17) is 5.73 Å². The molecular formula is C11H13F2N3O. The molecule has 0 saturated heterocycles. The standard InChI is InChI=1S/C11H13F2N3O/c1-6(17)11-15-8-4-7(14)2-3-9(8)16(11)5-10(12)13/h2-4,6,10,17H,5,14H2,1H3. The summed E-state index contributed by atoms with van der Waals surface area (Å²) >= 11 is 0. The third-order valence-corrected chi connectivity index (χ3v) is 2.50. The molecule has 4 nitrogen and oxygen atoms in total. The number of hydrogen-bond acceptors (Lipinski definition) is 3. The number of halogens is 2. The first kappa shape index (κ1) is 11.8. The molecule has 0 aliphatic carbocycles. The predicted molar refractivity (Wildman–Crippen MR) is 60.8 cm³/mol. The fourth-order valence-electron chi connectivity index (χ4n) is 1.81. The fraction of sp³-hybridized carbons (Fsp3) is 0.364. The van der Waals surface area contributed by atoms with Crippen LogP contribution in [0.25, 0.3) is 11.0 Å². The number of alkyl halides is 2. The first-order valence-electron chi connectivity index (χ1n) is 5.21. The van der Waals surface area contributed by atoms with Crippen LogP contribution in [0.2, 0.25) is 0 Å². The van der Waals surface area contributed by atoms with Crippen molar-refractivity contribution in [1.29, 1.82) is 0 Å². The van der Waals surface area contributed by atoms with E-state index in [1.165, 1.54) is 11.5 Å². The summed E-state index contributed by atoms with van der Waals surface area (Å²) in [5, 5.41) is 9.53. The van der Waals surface area contributed by atoms with Gasteiger partial charge in [0.15, 0.2) is 0 Å². The van der Waals surface area contributed by atoms with Gasteiger partial charge in [0.25, 0.3) is 6.43 Å². The lowest BCUT2D eigenvalue weighted by Gasteiger charge is -2.09. The summed E-state index contributed by atoms with van der Waals surface area (Å²) < 4.78 is 26.3. The summed E-state index contributed by atoms with van der Waals surface area (Å²) in [7, 11) is 0. The van der Waals surface area contributed by atoms with Crippen molar-refractivity contribution in [2.75, 3.05) is 5.73 Å². The summed E-state index contributed by atoms with van der Waals surface area (Å²) in [6.07, 6.45) is -3.40. The summed E-state index contributed by atoms with van der Waals surface area (Å²) in [5.41, 5.74) is 7.18. The van der Waals surface area contributed by atoms with Crippen molar-refractivity contribution in [2.45, 2.75) is 26.0 Å². The Balaban J connectivity index is 2.62. The minimum absolute atomic E-state index is 0.228. The van der Waals surface area contributed by atoms with Crippen molar-refractivity contribution in [2.24, 2.45) is 0 Å². The van der Waals surface area contributed by atoms with Gasteiger partial charge in [0.1, 0.15) is 11.9 Å². The zero-order valence-corrected chi connectivity index (χ0v) is 9.27. The van der Waals surface area contributed by atoms with Crippen LogP contribution in [-0.2, 0) is 6.54 Å². The molecule has 1 unspecified atom stereocenters. The number of anilines is 1. The van der Waals surface area contributed by atoms with E-state index in [-0.39, 0.29) is 5.82 Å². The van der Waals surface area contributed by atoms with Crippen LogP contribution in [-0.4, -0.2) is 21.1 Å². The number of nitrogens with zero attached hydrogens (tertiary/aromatic N) is 2. The van der Waals surface area contributed by atoms with Crippen LogP contribution in [0.1, 0.15) is 18.9 Å². The van der Waals surface area contributed by atoms with Gasteiger partial charge in [0.2, 0.25) is 0 Å². The Morgan fingerprint density at radius 2 is 2.18 bits per heavy atom. The zero-order valence-electron chi connectivity index (χ0n) is 9.27. The minimum atomic E-state index is -2.50. The van der Waals surface area contributed by atoms with Gasteiger partial charge in [-0.15, -0.1) is 0 Å². The van der Waals surface area contributed by atoms with Gasteiger partial charge in [-0.3, -0.25) is 0 Å². The third kappa shape index (κ3) is 2.21.